The van der Waals surface area contributed by atoms with Gasteiger partial charge in [0.05, 0.1) is 35.2 Å². The Morgan fingerprint density at radius 1 is 1.53 bits per heavy atom. The molecule has 0 radical (unpaired) electrons. The molecule has 6 heteroatoms. The van der Waals surface area contributed by atoms with E-state index in [1.807, 2.05) is 24.9 Å². The summed E-state index contributed by atoms with van der Waals surface area (Å²) in [6, 6.07) is 3.70. The number of aromatic nitrogens is 1. The Hall–Kier alpha value is -1.14. The summed E-state index contributed by atoms with van der Waals surface area (Å²) in [6.45, 7) is 1.90. The molecule has 2 rings (SSSR count). The van der Waals surface area contributed by atoms with Crippen LogP contribution < -0.4 is 4.90 Å². The molecular weight excluding hydrogens is 264 g/mol. The topological polar surface area (TPSA) is 70.5 Å². The number of rotatable bonds is 4. The summed E-state index contributed by atoms with van der Waals surface area (Å²) in [4.78, 5) is 6.20. The van der Waals surface area contributed by atoms with Gasteiger partial charge in [0.1, 0.15) is 0 Å². The van der Waals surface area contributed by atoms with Crippen LogP contribution in [0.3, 0.4) is 0 Å². The largest absolute Gasteiger partial charge is 0.387 e. The molecule has 2 heterocycles. The fourth-order valence-corrected chi connectivity index (χ4v) is 4.08. The van der Waals surface area contributed by atoms with E-state index in [0.29, 0.717) is 18.5 Å². The predicted octanol–water partition coefficient (Wildman–Crippen LogP) is 1.15. The van der Waals surface area contributed by atoms with Crippen LogP contribution in [0.25, 0.3) is 0 Å². The third-order valence-electron chi connectivity index (χ3n) is 3.66. The second kappa shape index (κ2) is 5.46. The Morgan fingerprint density at radius 3 is 2.74 bits per heavy atom. The van der Waals surface area contributed by atoms with Crippen LogP contribution in [0, 0.1) is 0 Å². The van der Waals surface area contributed by atoms with Crippen LogP contribution in [0.15, 0.2) is 18.3 Å². The highest BCUT2D eigenvalue weighted by atomic mass is 32.2. The second-order valence-electron chi connectivity index (χ2n) is 5.03. The molecule has 1 N–H and O–H groups in total. The number of pyridine rings is 1. The van der Waals surface area contributed by atoms with Gasteiger partial charge in [0.2, 0.25) is 0 Å². The quantitative estimate of drug-likeness (QED) is 0.898. The van der Waals surface area contributed by atoms with E-state index < -0.39 is 15.9 Å². The van der Waals surface area contributed by atoms with Crippen LogP contribution in [-0.4, -0.2) is 43.1 Å². The Kier molecular flexibility index (Phi) is 4.10. The van der Waals surface area contributed by atoms with E-state index in [2.05, 4.69) is 4.98 Å². The van der Waals surface area contributed by atoms with Gasteiger partial charge in [-0.25, -0.2) is 8.42 Å². The lowest BCUT2D eigenvalue weighted by Crippen LogP contribution is -2.32. The molecule has 1 saturated heterocycles. The summed E-state index contributed by atoms with van der Waals surface area (Å²) in [5, 5.41) is 9.68. The van der Waals surface area contributed by atoms with Gasteiger partial charge in [-0.15, -0.1) is 0 Å². The van der Waals surface area contributed by atoms with Crippen LogP contribution in [0.2, 0.25) is 0 Å². The minimum atomic E-state index is -2.88. The summed E-state index contributed by atoms with van der Waals surface area (Å²) >= 11 is 0. The summed E-state index contributed by atoms with van der Waals surface area (Å²) in [7, 11) is -0.989. The van der Waals surface area contributed by atoms with E-state index in [1.165, 1.54) is 0 Å². The van der Waals surface area contributed by atoms with Gasteiger partial charge in [-0.05, 0) is 25.0 Å². The van der Waals surface area contributed by atoms with Gasteiger partial charge in [0.15, 0.2) is 9.84 Å². The summed E-state index contributed by atoms with van der Waals surface area (Å²) in [5.41, 5.74) is 1.54. The first-order valence-corrected chi connectivity index (χ1v) is 8.32. The van der Waals surface area contributed by atoms with E-state index in [0.717, 1.165) is 5.69 Å². The molecule has 0 aliphatic carbocycles. The molecule has 0 spiro atoms. The SMILES string of the molecule is CC[C@@H](O)c1ccc(N(C)C2CCS(=O)(=O)C2)cn1. The lowest BCUT2D eigenvalue weighted by Gasteiger charge is -2.25. The third-order valence-corrected chi connectivity index (χ3v) is 5.41. The van der Waals surface area contributed by atoms with Crippen molar-refractivity contribution in [2.45, 2.75) is 31.9 Å². The van der Waals surface area contributed by atoms with Crippen molar-refractivity contribution in [1.29, 1.82) is 0 Å². The first kappa shape index (κ1) is 14.3. The maximum Gasteiger partial charge on any atom is 0.152 e. The molecule has 1 aromatic rings. The molecule has 0 aromatic carbocycles. The highest BCUT2D eigenvalue weighted by molar-refractivity contribution is 7.91. The van der Waals surface area contributed by atoms with Crippen LogP contribution in [0.4, 0.5) is 5.69 Å². The Labute approximate surface area is 114 Å². The highest BCUT2D eigenvalue weighted by Gasteiger charge is 2.30. The summed E-state index contributed by atoms with van der Waals surface area (Å²) < 4.78 is 23.0. The molecule has 2 atom stereocenters. The number of aliphatic hydroxyl groups excluding tert-OH is 1. The minimum absolute atomic E-state index is 0.0220. The van der Waals surface area contributed by atoms with Crippen molar-refractivity contribution in [3.05, 3.63) is 24.0 Å². The van der Waals surface area contributed by atoms with E-state index in [9.17, 15) is 13.5 Å². The zero-order chi connectivity index (χ0) is 14.0. The third kappa shape index (κ3) is 3.25. The zero-order valence-corrected chi connectivity index (χ0v) is 12.1. The number of hydrogen-bond acceptors (Lipinski definition) is 5. The van der Waals surface area contributed by atoms with E-state index >= 15 is 0 Å². The number of aliphatic hydroxyl groups is 1. The summed E-state index contributed by atoms with van der Waals surface area (Å²) in [6.07, 6.45) is 2.45. The maximum absolute atomic E-state index is 11.5. The average molecular weight is 284 g/mol. The van der Waals surface area contributed by atoms with Crippen molar-refractivity contribution in [2.24, 2.45) is 0 Å². The van der Waals surface area contributed by atoms with Crippen molar-refractivity contribution < 1.29 is 13.5 Å². The Morgan fingerprint density at radius 2 is 2.26 bits per heavy atom. The second-order valence-corrected chi connectivity index (χ2v) is 7.26. The van der Waals surface area contributed by atoms with Crippen LogP contribution in [-0.2, 0) is 9.84 Å². The van der Waals surface area contributed by atoms with Crippen molar-refractivity contribution in [3.63, 3.8) is 0 Å². The smallest absolute Gasteiger partial charge is 0.152 e. The van der Waals surface area contributed by atoms with Gasteiger partial charge in [-0.3, -0.25) is 4.98 Å². The molecular formula is C13H20N2O3S. The maximum atomic E-state index is 11.5. The molecule has 0 amide bonds. The first-order chi connectivity index (χ1) is 8.93. The predicted molar refractivity (Wildman–Crippen MR) is 74.9 cm³/mol. The van der Waals surface area contributed by atoms with Crippen LogP contribution in [0.5, 0.6) is 0 Å². The number of sulfone groups is 1. The molecule has 0 saturated carbocycles. The standard InChI is InChI=1S/C13H20N2O3S/c1-3-13(16)12-5-4-10(8-14-12)15(2)11-6-7-19(17,18)9-11/h4-5,8,11,13,16H,3,6-7,9H2,1-2H3/t11?,13-/m1/s1. The number of anilines is 1. The minimum Gasteiger partial charge on any atom is -0.387 e. The lowest BCUT2D eigenvalue weighted by atomic mass is 10.1. The molecule has 1 aliphatic heterocycles. The normalized spacial score (nSPS) is 23.2. The van der Waals surface area contributed by atoms with Crippen LogP contribution in [0.1, 0.15) is 31.6 Å². The molecule has 1 aromatic heterocycles. The van der Waals surface area contributed by atoms with Crippen molar-refractivity contribution >= 4 is 15.5 Å². The van der Waals surface area contributed by atoms with Gasteiger partial charge in [-0.2, -0.15) is 0 Å². The average Bonchev–Trinajstić information content (AvgIpc) is 2.77. The van der Waals surface area contributed by atoms with Gasteiger partial charge in [0, 0.05) is 13.1 Å². The molecule has 5 nitrogen and oxygen atoms in total. The monoisotopic (exact) mass is 284 g/mol. The summed E-state index contributed by atoms with van der Waals surface area (Å²) in [5.74, 6) is 0.477. The fraction of sp³-hybridized carbons (Fsp3) is 0.615. The molecule has 1 fully saturated rings. The first-order valence-electron chi connectivity index (χ1n) is 6.50. The highest BCUT2D eigenvalue weighted by Crippen LogP contribution is 2.23. The van der Waals surface area contributed by atoms with E-state index in [-0.39, 0.29) is 17.5 Å². The lowest BCUT2D eigenvalue weighted by molar-refractivity contribution is 0.169. The Bertz CT molecular complexity index is 527. The molecule has 0 bridgehead atoms. The van der Waals surface area contributed by atoms with Crippen molar-refractivity contribution in [1.82, 2.24) is 4.98 Å². The zero-order valence-electron chi connectivity index (χ0n) is 11.3. The van der Waals surface area contributed by atoms with Gasteiger partial charge in [-0.1, -0.05) is 6.92 Å². The van der Waals surface area contributed by atoms with E-state index in [1.54, 1.807) is 12.3 Å². The Balaban J connectivity index is 2.10. The van der Waals surface area contributed by atoms with Crippen LogP contribution >= 0.6 is 0 Å². The van der Waals surface area contributed by atoms with Crippen molar-refractivity contribution in [3.8, 4) is 0 Å². The van der Waals surface area contributed by atoms with E-state index in [4.69, 9.17) is 0 Å². The van der Waals surface area contributed by atoms with Gasteiger partial charge >= 0.3 is 0 Å². The molecule has 106 valence electrons. The van der Waals surface area contributed by atoms with Gasteiger partial charge in [0.25, 0.3) is 0 Å². The number of nitrogens with zero attached hydrogens (tertiary/aromatic N) is 2. The molecule has 1 aliphatic rings. The van der Waals surface area contributed by atoms with Crippen molar-refractivity contribution in [2.75, 3.05) is 23.5 Å². The fourth-order valence-electron chi connectivity index (χ4n) is 2.30. The molecule has 1 unspecified atom stereocenters. The molecule has 19 heavy (non-hydrogen) atoms. The number of hydrogen-bond donors (Lipinski definition) is 1. The van der Waals surface area contributed by atoms with Gasteiger partial charge < -0.3 is 10.0 Å².